The predicted molar refractivity (Wildman–Crippen MR) is 94.6 cm³/mol. The average Bonchev–Trinajstić information content (AvgIpc) is 2.63. The molecule has 6 nitrogen and oxygen atoms in total. The molecule has 142 valence electrons. The summed E-state index contributed by atoms with van der Waals surface area (Å²) in [5.74, 6) is -3.01. The Balaban J connectivity index is 2.29. The highest BCUT2D eigenvalue weighted by Crippen LogP contribution is 2.31. The average molecular weight is 364 g/mol. The van der Waals surface area contributed by atoms with Gasteiger partial charge in [-0.15, -0.1) is 0 Å². The Morgan fingerprint density at radius 2 is 1.77 bits per heavy atom. The number of nitrogens with one attached hydrogen (secondary N) is 1. The number of hydrogen-bond donors (Lipinski definition) is 2. The molecule has 1 aliphatic rings. The van der Waals surface area contributed by atoms with E-state index >= 15 is 0 Å². The van der Waals surface area contributed by atoms with Crippen LogP contribution in [0.5, 0.6) is 0 Å². The van der Waals surface area contributed by atoms with Crippen molar-refractivity contribution in [3.8, 4) is 0 Å². The van der Waals surface area contributed by atoms with Gasteiger partial charge in [0.05, 0.1) is 11.1 Å². The summed E-state index contributed by atoms with van der Waals surface area (Å²) in [5.41, 5.74) is -1.52. The van der Waals surface area contributed by atoms with E-state index in [2.05, 4.69) is 5.32 Å². The summed E-state index contributed by atoms with van der Waals surface area (Å²) < 4.78 is 14.2. The molecule has 2 N–H and O–H groups in total. The maximum absolute atomic E-state index is 14.2. The number of aromatic carboxylic acids is 1. The molecule has 0 aliphatic heterocycles. The van der Waals surface area contributed by atoms with Gasteiger partial charge in [-0.3, -0.25) is 9.59 Å². The van der Waals surface area contributed by atoms with Crippen molar-refractivity contribution in [2.75, 3.05) is 13.1 Å². The van der Waals surface area contributed by atoms with E-state index < -0.39 is 23.2 Å². The Morgan fingerprint density at radius 1 is 1.15 bits per heavy atom. The highest BCUT2D eigenvalue weighted by atomic mass is 19.1. The molecule has 0 bridgehead atoms. The molecule has 0 saturated heterocycles. The van der Waals surface area contributed by atoms with Gasteiger partial charge in [0.25, 0.3) is 5.91 Å². The van der Waals surface area contributed by atoms with Crippen molar-refractivity contribution >= 4 is 17.8 Å². The molecule has 2 rings (SSSR count). The smallest absolute Gasteiger partial charge is 0.335 e. The summed E-state index contributed by atoms with van der Waals surface area (Å²) in [7, 11) is 0. The summed E-state index contributed by atoms with van der Waals surface area (Å²) in [6.07, 6.45) is 3.65. The summed E-state index contributed by atoms with van der Waals surface area (Å²) in [6, 6.07) is 3.14. The lowest BCUT2D eigenvalue weighted by molar-refractivity contribution is -0.139. The molecule has 0 spiro atoms. The van der Waals surface area contributed by atoms with Crippen molar-refractivity contribution in [1.29, 1.82) is 0 Å². The third-order valence-electron chi connectivity index (χ3n) is 4.98. The van der Waals surface area contributed by atoms with E-state index in [0.717, 1.165) is 31.4 Å². The summed E-state index contributed by atoms with van der Waals surface area (Å²) in [5, 5.41) is 11.7. The molecule has 0 radical (unpaired) electrons. The maximum Gasteiger partial charge on any atom is 0.335 e. The second-order valence-corrected chi connectivity index (χ2v) is 6.57. The van der Waals surface area contributed by atoms with Crippen molar-refractivity contribution in [3.05, 3.63) is 35.1 Å². The molecule has 26 heavy (non-hydrogen) atoms. The number of carboxylic acids is 1. The van der Waals surface area contributed by atoms with E-state index in [1.54, 1.807) is 4.90 Å². The molecule has 1 saturated carbocycles. The number of carbonyl (C=O) groups is 3. The van der Waals surface area contributed by atoms with Crippen molar-refractivity contribution in [2.24, 2.45) is 0 Å². The van der Waals surface area contributed by atoms with Crippen molar-refractivity contribution in [2.45, 2.75) is 51.5 Å². The fourth-order valence-electron chi connectivity index (χ4n) is 3.48. The van der Waals surface area contributed by atoms with E-state index in [1.807, 2.05) is 13.8 Å². The molecule has 2 amide bonds. The van der Waals surface area contributed by atoms with Crippen LogP contribution in [-0.2, 0) is 4.79 Å². The monoisotopic (exact) mass is 364 g/mol. The fourth-order valence-corrected chi connectivity index (χ4v) is 3.48. The van der Waals surface area contributed by atoms with E-state index in [0.29, 0.717) is 25.9 Å². The lowest BCUT2D eigenvalue weighted by atomic mass is 9.80. The number of carboxylic acid groups (broad SMARTS) is 1. The Morgan fingerprint density at radius 3 is 2.27 bits per heavy atom. The molecule has 1 aromatic rings. The minimum absolute atomic E-state index is 0.141. The van der Waals surface area contributed by atoms with Crippen LogP contribution in [0.15, 0.2) is 18.2 Å². The van der Waals surface area contributed by atoms with Crippen LogP contribution in [0.1, 0.15) is 66.7 Å². The topological polar surface area (TPSA) is 86.7 Å². The third kappa shape index (κ3) is 4.03. The largest absolute Gasteiger partial charge is 0.478 e. The van der Waals surface area contributed by atoms with Crippen LogP contribution in [0.25, 0.3) is 0 Å². The molecule has 0 atom stereocenters. The summed E-state index contributed by atoms with van der Waals surface area (Å²) >= 11 is 0. The van der Waals surface area contributed by atoms with Gasteiger partial charge in [0.1, 0.15) is 11.4 Å². The maximum atomic E-state index is 14.2. The van der Waals surface area contributed by atoms with Gasteiger partial charge in [-0.05, 0) is 44.9 Å². The van der Waals surface area contributed by atoms with Gasteiger partial charge in [0, 0.05) is 13.1 Å². The number of halogens is 1. The molecular weight excluding hydrogens is 339 g/mol. The highest BCUT2D eigenvalue weighted by molar-refractivity contribution is 6.00. The van der Waals surface area contributed by atoms with E-state index in [-0.39, 0.29) is 17.0 Å². The molecule has 1 aliphatic carbocycles. The first-order chi connectivity index (χ1) is 12.3. The minimum atomic E-state index is -1.27. The second-order valence-electron chi connectivity index (χ2n) is 6.57. The zero-order chi connectivity index (χ0) is 19.3. The first-order valence-electron chi connectivity index (χ1n) is 8.99. The number of rotatable bonds is 6. The van der Waals surface area contributed by atoms with Crippen LogP contribution in [0.2, 0.25) is 0 Å². The van der Waals surface area contributed by atoms with Gasteiger partial charge in [0.2, 0.25) is 5.91 Å². The Hall–Kier alpha value is -2.44. The summed E-state index contributed by atoms with van der Waals surface area (Å²) in [6.45, 7) is 4.83. The number of nitrogens with zero attached hydrogens (tertiary/aromatic N) is 1. The van der Waals surface area contributed by atoms with Crippen LogP contribution in [0, 0.1) is 5.82 Å². The van der Waals surface area contributed by atoms with E-state index in [4.69, 9.17) is 5.11 Å². The van der Waals surface area contributed by atoms with Crippen LogP contribution < -0.4 is 5.32 Å². The molecular formula is C19H25FN2O4. The zero-order valence-corrected chi connectivity index (χ0v) is 15.2. The molecule has 0 heterocycles. The SMILES string of the molecule is CCN(CC)C(=O)C1(NC(=O)c2ccc(C(=O)O)cc2F)CCCCC1. The van der Waals surface area contributed by atoms with Crippen LogP contribution in [-0.4, -0.2) is 46.4 Å². The first kappa shape index (κ1) is 19.9. The predicted octanol–water partition coefficient (Wildman–Crippen LogP) is 2.83. The Kier molecular flexibility index (Phi) is 6.34. The quantitative estimate of drug-likeness (QED) is 0.813. The van der Waals surface area contributed by atoms with Gasteiger partial charge in [0.15, 0.2) is 0 Å². The number of likely N-dealkylation sites (N-methyl/N-ethyl adjacent to an activating group) is 1. The number of carbonyl (C=O) groups excluding carboxylic acids is 2. The minimum Gasteiger partial charge on any atom is -0.478 e. The van der Waals surface area contributed by atoms with Gasteiger partial charge < -0.3 is 15.3 Å². The lowest BCUT2D eigenvalue weighted by Crippen LogP contribution is -2.60. The number of hydrogen-bond acceptors (Lipinski definition) is 3. The molecule has 0 aromatic heterocycles. The number of benzene rings is 1. The van der Waals surface area contributed by atoms with Crippen LogP contribution >= 0.6 is 0 Å². The van der Waals surface area contributed by atoms with Crippen LogP contribution in [0.4, 0.5) is 4.39 Å². The zero-order valence-electron chi connectivity index (χ0n) is 15.2. The van der Waals surface area contributed by atoms with Crippen molar-refractivity contribution < 1.29 is 23.9 Å². The summed E-state index contributed by atoms with van der Waals surface area (Å²) in [4.78, 5) is 38.3. The first-order valence-corrected chi connectivity index (χ1v) is 8.99. The molecule has 7 heteroatoms. The van der Waals surface area contributed by atoms with E-state index in [9.17, 15) is 18.8 Å². The molecule has 0 unspecified atom stereocenters. The second kappa shape index (κ2) is 8.29. The lowest BCUT2D eigenvalue weighted by Gasteiger charge is -2.40. The fraction of sp³-hybridized carbons (Fsp3) is 0.526. The number of amides is 2. The normalized spacial score (nSPS) is 16.0. The standard InChI is InChI=1S/C19H25FN2O4/c1-3-22(4-2)18(26)19(10-6-5-7-11-19)21-16(23)14-9-8-13(17(24)25)12-15(14)20/h8-9,12H,3-7,10-11H2,1-2H3,(H,21,23)(H,24,25). The van der Waals surface area contributed by atoms with Gasteiger partial charge in [-0.2, -0.15) is 0 Å². The Bertz CT molecular complexity index is 695. The molecule has 1 aromatic carbocycles. The van der Waals surface area contributed by atoms with Gasteiger partial charge >= 0.3 is 5.97 Å². The van der Waals surface area contributed by atoms with Crippen molar-refractivity contribution in [3.63, 3.8) is 0 Å². The van der Waals surface area contributed by atoms with Gasteiger partial charge in [-0.1, -0.05) is 19.3 Å². The van der Waals surface area contributed by atoms with E-state index in [1.165, 1.54) is 6.07 Å². The van der Waals surface area contributed by atoms with Crippen molar-refractivity contribution in [1.82, 2.24) is 10.2 Å². The van der Waals surface area contributed by atoms with Gasteiger partial charge in [-0.25, -0.2) is 9.18 Å². The Labute approximate surface area is 152 Å². The third-order valence-corrected chi connectivity index (χ3v) is 4.98. The molecule has 1 fully saturated rings. The highest BCUT2D eigenvalue weighted by Gasteiger charge is 2.43. The van der Waals surface area contributed by atoms with Crippen LogP contribution in [0.3, 0.4) is 0 Å².